The first-order chi connectivity index (χ1) is 8.92. The van der Waals surface area contributed by atoms with Crippen molar-refractivity contribution in [1.29, 1.82) is 5.26 Å². The van der Waals surface area contributed by atoms with Gasteiger partial charge < -0.3 is 9.47 Å². The highest BCUT2D eigenvalue weighted by Crippen LogP contribution is 2.18. The summed E-state index contributed by atoms with van der Waals surface area (Å²) in [5.74, 6) is 0.393. The Hall–Kier alpha value is -1.29. The lowest BCUT2D eigenvalue weighted by Gasteiger charge is -2.09. The fourth-order valence-electron chi connectivity index (χ4n) is 1.30. The molecule has 7 heteroatoms. The highest BCUT2D eigenvalue weighted by Gasteiger charge is 2.05. The first-order valence-corrected chi connectivity index (χ1v) is 8.04. The molecule has 0 bridgehead atoms. The standard InChI is InChI=1S/C12H14ClNO4S/c1-10-2-3-11(9-14)8-12(10)18-5-4-17-6-7-19(13,15)16/h2-3,8H,4-7H2,1H3. The van der Waals surface area contributed by atoms with Gasteiger partial charge >= 0.3 is 0 Å². The van der Waals surface area contributed by atoms with Crippen LogP contribution in [0.15, 0.2) is 18.2 Å². The molecule has 0 aliphatic carbocycles. The fraction of sp³-hybridized carbons (Fsp3) is 0.417. The molecule has 5 nitrogen and oxygen atoms in total. The van der Waals surface area contributed by atoms with Crippen LogP contribution in [0, 0.1) is 18.3 Å². The number of benzene rings is 1. The molecule has 0 spiro atoms. The summed E-state index contributed by atoms with van der Waals surface area (Å²) >= 11 is 0. The molecular formula is C12H14ClNO4S. The smallest absolute Gasteiger partial charge is 0.234 e. The number of nitriles is 1. The van der Waals surface area contributed by atoms with Crippen LogP contribution in [0.4, 0.5) is 0 Å². The second kappa shape index (κ2) is 7.34. The van der Waals surface area contributed by atoms with Crippen molar-refractivity contribution < 1.29 is 17.9 Å². The second-order valence-electron chi connectivity index (χ2n) is 3.80. The SMILES string of the molecule is Cc1ccc(C#N)cc1OCCOCCS(=O)(=O)Cl. The number of rotatable bonds is 7. The van der Waals surface area contributed by atoms with Crippen molar-refractivity contribution in [3.05, 3.63) is 29.3 Å². The molecule has 0 heterocycles. The van der Waals surface area contributed by atoms with E-state index in [1.807, 2.05) is 13.0 Å². The molecule has 0 aromatic heterocycles. The number of aryl methyl sites for hydroxylation is 1. The third-order valence-electron chi connectivity index (χ3n) is 2.27. The molecule has 1 aromatic rings. The van der Waals surface area contributed by atoms with Crippen molar-refractivity contribution in [3.8, 4) is 11.8 Å². The van der Waals surface area contributed by atoms with Gasteiger partial charge in [0.2, 0.25) is 9.05 Å². The third-order valence-corrected chi connectivity index (χ3v) is 3.39. The van der Waals surface area contributed by atoms with Gasteiger partial charge in [-0.15, -0.1) is 0 Å². The van der Waals surface area contributed by atoms with Crippen molar-refractivity contribution in [3.63, 3.8) is 0 Å². The molecule has 0 atom stereocenters. The lowest BCUT2D eigenvalue weighted by atomic mass is 10.1. The topological polar surface area (TPSA) is 76.4 Å². The molecule has 0 radical (unpaired) electrons. The van der Waals surface area contributed by atoms with Crippen molar-refractivity contribution in [2.45, 2.75) is 6.92 Å². The third kappa shape index (κ3) is 6.43. The molecule has 0 aliphatic heterocycles. The quantitative estimate of drug-likeness (QED) is 0.567. The van der Waals surface area contributed by atoms with Gasteiger partial charge in [-0.2, -0.15) is 5.26 Å². The average molecular weight is 304 g/mol. The van der Waals surface area contributed by atoms with E-state index in [4.69, 9.17) is 25.4 Å². The largest absolute Gasteiger partial charge is 0.491 e. The molecule has 0 aliphatic rings. The van der Waals surface area contributed by atoms with Crippen LogP contribution in [-0.4, -0.2) is 34.0 Å². The molecule has 0 N–H and O–H groups in total. The summed E-state index contributed by atoms with van der Waals surface area (Å²) in [7, 11) is 1.52. The highest BCUT2D eigenvalue weighted by molar-refractivity contribution is 8.13. The first kappa shape index (κ1) is 15.8. The highest BCUT2D eigenvalue weighted by atomic mass is 35.7. The van der Waals surface area contributed by atoms with E-state index in [1.165, 1.54) is 0 Å². The Morgan fingerprint density at radius 2 is 2.05 bits per heavy atom. The van der Waals surface area contributed by atoms with E-state index in [9.17, 15) is 8.42 Å². The lowest BCUT2D eigenvalue weighted by molar-refractivity contribution is 0.111. The van der Waals surface area contributed by atoms with Crippen molar-refractivity contribution in [2.24, 2.45) is 0 Å². The Kier molecular flexibility index (Phi) is 6.09. The zero-order valence-corrected chi connectivity index (χ0v) is 12.0. The monoisotopic (exact) mass is 303 g/mol. The molecule has 1 rings (SSSR count). The Balaban J connectivity index is 2.32. The van der Waals surface area contributed by atoms with Crippen LogP contribution in [0.1, 0.15) is 11.1 Å². The summed E-state index contributed by atoms with van der Waals surface area (Å²) in [6.07, 6.45) is 0. The van der Waals surface area contributed by atoms with Crippen LogP contribution in [0.3, 0.4) is 0 Å². The van der Waals surface area contributed by atoms with E-state index in [1.54, 1.807) is 18.2 Å². The molecule has 104 valence electrons. The predicted octanol–water partition coefficient (Wildman–Crippen LogP) is 1.83. The Morgan fingerprint density at radius 1 is 1.32 bits per heavy atom. The van der Waals surface area contributed by atoms with Crippen LogP contribution in [0.5, 0.6) is 5.75 Å². The summed E-state index contributed by atoms with van der Waals surface area (Å²) in [5, 5.41) is 8.77. The molecule has 1 aromatic carbocycles. The number of halogens is 1. The average Bonchev–Trinajstić information content (AvgIpc) is 2.34. The molecular weight excluding hydrogens is 290 g/mol. The van der Waals surface area contributed by atoms with E-state index in [0.717, 1.165) is 5.56 Å². The predicted molar refractivity (Wildman–Crippen MR) is 71.8 cm³/mol. The van der Waals surface area contributed by atoms with E-state index < -0.39 is 9.05 Å². The van der Waals surface area contributed by atoms with Crippen LogP contribution in [0.2, 0.25) is 0 Å². The number of ether oxygens (including phenoxy) is 2. The number of hydrogen-bond donors (Lipinski definition) is 0. The Morgan fingerprint density at radius 3 is 2.68 bits per heavy atom. The van der Waals surface area contributed by atoms with Gasteiger partial charge in [0.25, 0.3) is 0 Å². The minimum absolute atomic E-state index is 0.0341. The maximum Gasteiger partial charge on any atom is 0.234 e. The van der Waals surface area contributed by atoms with E-state index in [-0.39, 0.29) is 25.6 Å². The number of nitrogens with zero attached hydrogens (tertiary/aromatic N) is 1. The van der Waals surface area contributed by atoms with Gasteiger partial charge in [0.1, 0.15) is 12.4 Å². The summed E-state index contributed by atoms with van der Waals surface area (Å²) < 4.78 is 31.8. The normalized spacial score (nSPS) is 11.0. The second-order valence-corrected chi connectivity index (χ2v) is 6.69. The van der Waals surface area contributed by atoms with Gasteiger partial charge in [0.05, 0.1) is 30.6 Å². The van der Waals surface area contributed by atoms with Crippen molar-refractivity contribution in [2.75, 3.05) is 25.6 Å². The van der Waals surface area contributed by atoms with E-state index >= 15 is 0 Å². The van der Waals surface area contributed by atoms with Gasteiger partial charge in [-0.25, -0.2) is 8.42 Å². The summed E-state index contributed by atoms with van der Waals surface area (Å²) in [5.41, 5.74) is 1.44. The van der Waals surface area contributed by atoms with Crippen LogP contribution < -0.4 is 4.74 Å². The summed E-state index contributed by atoms with van der Waals surface area (Å²) in [6.45, 7) is 2.44. The molecule has 0 unspecified atom stereocenters. The maximum atomic E-state index is 10.6. The van der Waals surface area contributed by atoms with Gasteiger partial charge in [-0.1, -0.05) is 6.07 Å². The Labute approximate surface area is 117 Å². The molecule has 0 amide bonds. The van der Waals surface area contributed by atoms with Gasteiger partial charge in [0.15, 0.2) is 0 Å². The van der Waals surface area contributed by atoms with Crippen molar-refractivity contribution >= 4 is 19.7 Å². The number of hydrogen-bond acceptors (Lipinski definition) is 5. The fourth-order valence-corrected chi connectivity index (χ4v) is 1.80. The van der Waals surface area contributed by atoms with Crippen molar-refractivity contribution in [1.82, 2.24) is 0 Å². The van der Waals surface area contributed by atoms with Crippen LogP contribution >= 0.6 is 10.7 Å². The van der Waals surface area contributed by atoms with Crippen LogP contribution in [-0.2, 0) is 13.8 Å². The molecule has 0 saturated carbocycles. The molecule has 0 saturated heterocycles. The zero-order chi connectivity index (χ0) is 14.3. The van der Waals surface area contributed by atoms with E-state index in [2.05, 4.69) is 0 Å². The zero-order valence-electron chi connectivity index (χ0n) is 10.4. The summed E-state index contributed by atoms with van der Waals surface area (Å²) in [6, 6.07) is 7.19. The van der Waals surface area contributed by atoms with Gasteiger partial charge in [-0.05, 0) is 24.6 Å². The Bertz CT molecular complexity index is 566. The van der Waals surface area contributed by atoms with Gasteiger partial charge in [0, 0.05) is 10.7 Å². The van der Waals surface area contributed by atoms with Gasteiger partial charge in [-0.3, -0.25) is 0 Å². The van der Waals surface area contributed by atoms with E-state index in [0.29, 0.717) is 11.3 Å². The molecule has 19 heavy (non-hydrogen) atoms. The lowest BCUT2D eigenvalue weighted by Crippen LogP contribution is -2.12. The van der Waals surface area contributed by atoms with Crippen LogP contribution in [0.25, 0.3) is 0 Å². The molecule has 0 fully saturated rings. The minimum Gasteiger partial charge on any atom is -0.491 e. The summed E-state index contributed by atoms with van der Waals surface area (Å²) in [4.78, 5) is 0. The minimum atomic E-state index is -3.51. The first-order valence-electron chi connectivity index (χ1n) is 5.56. The maximum absolute atomic E-state index is 10.6.